The Kier molecular flexibility index (Phi) is 4.89. The van der Waals surface area contributed by atoms with Crippen LogP contribution in [0.5, 0.6) is 0 Å². The monoisotopic (exact) mass is 453 g/mol. The maximum Gasteiger partial charge on any atom is 0.144 e. The standard InChI is InChI=1S/C28H39NO4/c1-26(2,32-15-30)23-10-9-18-22(33-23)11-12-27(3)24(18)21(31)14-16-13-19-17-7-5-6-8-20(17)29-25(19)28(16,27)4/h5-8,16,18,21-24,29-31H,9-15H2,1-4H3/t16?,18?,21?,22?,23-,24?,27-,28+/m0/s1. The van der Waals surface area contributed by atoms with Crippen LogP contribution in [0, 0.1) is 23.2 Å². The van der Waals surface area contributed by atoms with Crippen molar-refractivity contribution in [2.75, 3.05) is 6.79 Å². The number of aliphatic hydroxyl groups is 2. The summed E-state index contributed by atoms with van der Waals surface area (Å²) in [5.41, 5.74) is 3.71. The van der Waals surface area contributed by atoms with Gasteiger partial charge in [-0.25, -0.2) is 0 Å². The van der Waals surface area contributed by atoms with Gasteiger partial charge in [-0.15, -0.1) is 0 Å². The Morgan fingerprint density at radius 2 is 1.97 bits per heavy atom. The van der Waals surface area contributed by atoms with Crippen LogP contribution in [0.4, 0.5) is 0 Å². The normalized spacial score (nSPS) is 42.5. The first-order chi connectivity index (χ1) is 15.7. The van der Waals surface area contributed by atoms with Crippen LogP contribution in [0.15, 0.2) is 24.3 Å². The lowest BCUT2D eigenvalue weighted by Gasteiger charge is -2.64. The second-order valence-corrected chi connectivity index (χ2v) is 12.2. The number of para-hydroxylation sites is 1. The molecule has 1 aliphatic heterocycles. The third kappa shape index (κ3) is 2.86. The number of fused-ring (bicyclic) bond motifs is 9. The maximum absolute atomic E-state index is 11.6. The molecule has 180 valence electrons. The summed E-state index contributed by atoms with van der Waals surface area (Å²) in [6, 6.07) is 8.71. The highest BCUT2D eigenvalue weighted by atomic mass is 16.6. The van der Waals surface area contributed by atoms with Gasteiger partial charge in [-0.2, -0.15) is 0 Å². The fourth-order valence-corrected chi connectivity index (χ4v) is 8.79. The van der Waals surface area contributed by atoms with Crippen LogP contribution < -0.4 is 0 Å². The fraction of sp³-hybridized carbons (Fsp3) is 0.714. The molecule has 5 heteroatoms. The molecule has 0 amide bonds. The summed E-state index contributed by atoms with van der Waals surface area (Å²) in [5, 5.41) is 22.3. The topological polar surface area (TPSA) is 74.7 Å². The summed E-state index contributed by atoms with van der Waals surface area (Å²) >= 11 is 0. The molecular weight excluding hydrogens is 414 g/mol. The van der Waals surface area contributed by atoms with Crippen molar-refractivity contribution in [1.29, 1.82) is 0 Å². The minimum Gasteiger partial charge on any atom is -0.393 e. The quantitative estimate of drug-likeness (QED) is 0.590. The summed E-state index contributed by atoms with van der Waals surface area (Å²) in [7, 11) is 0. The van der Waals surface area contributed by atoms with Crippen molar-refractivity contribution in [3.8, 4) is 0 Å². The summed E-state index contributed by atoms with van der Waals surface area (Å²) < 4.78 is 12.3. The second kappa shape index (κ2) is 7.30. The van der Waals surface area contributed by atoms with E-state index in [0.717, 1.165) is 38.5 Å². The van der Waals surface area contributed by atoms with Crippen molar-refractivity contribution in [3.05, 3.63) is 35.5 Å². The average molecular weight is 454 g/mol. The molecule has 3 aliphatic carbocycles. The molecule has 2 aromatic rings. The lowest BCUT2D eigenvalue weighted by molar-refractivity contribution is -0.245. The van der Waals surface area contributed by atoms with Gasteiger partial charge >= 0.3 is 0 Å². The number of nitrogens with one attached hydrogen (secondary N) is 1. The van der Waals surface area contributed by atoms with Crippen LogP contribution in [0.3, 0.4) is 0 Å². The van der Waals surface area contributed by atoms with E-state index in [1.165, 1.54) is 22.2 Å². The largest absolute Gasteiger partial charge is 0.393 e. The molecule has 3 N–H and O–H groups in total. The number of ether oxygens (including phenoxy) is 2. The molecule has 3 fully saturated rings. The van der Waals surface area contributed by atoms with E-state index >= 15 is 0 Å². The smallest absolute Gasteiger partial charge is 0.144 e. The van der Waals surface area contributed by atoms with Crippen LogP contribution in [0.1, 0.15) is 71.1 Å². The average Bonchev–Trinajstić information content (AvgIpc) is 3.28. The molecule has 0 bridgehead atoms. The zero-order chi connectivity index (χ0) is 23.2. The zero-order valence-electron chi connectivity index (χ0n) is 20.4. The first-order valence-electron chi connectivity index (χ1n) is 12.9. The van der Waals surface area contributed by atoms with Crippen LogP contribution in [0.2, 0.25) is 0 Å². The van der Waals surface area contributed by atoms with E-state index in [0.29, 0.717) is 11.8 Å². The lowest BCUT2D eigenvalue weighted by atomic mass is 9.42. The van der Waals surface area contributed by atoms with E-state index in [-0.39, 0.29) is 41.9 Å². The van der Waals surface area contributed by atoms with Gasteiger partial charge in [0.05, 0.1) is 23.9 Å². The van der Waals surface area contributed by atoms with E-state index in [1.807, 2.05) is 13.8 Å². The molecule has 0 radical (unpaired) electrons. The van der Waals surface area contributed by atoms with E-state index in [4.69, 9.17) is 9.47 Å². The van der Waals surface area contributed by atoms with Gasteiger partial charge in [0.1, 0.15) is 6.79 Å². The first kappa shape index (κ1) is 22.1. The molecule has 0 spiro atoms. The van der Waals surface area contributed by atoms with Gasteiger partial charge in [0.15, 0.2) is 0 Å². The predicted octanol–water partition coefficient (Wildman–Crippen LogP) is 4.69. The van der Waals surface area contributed by atoms with Crippen molar-refractivity contribution in [1.82, 2.24) is 4.98 Å². The molecule has 2 heterocycles. The highest BCUT2D eigenvalue weighted by molar-refractivity contribution is 5.86. The maximum atomic E-state index is 11.6. The van der Waals surface area contributed by atoms with Gasteiger partial charge in [0, 0.05) is 22.0 Å². The number of aromatic nitrogens is 1. The number of rotatable bonds is 3. The molecule has 2 saturated carbocycles. The Morgan fingerprint density at radius 1 is 1.18 bits per heavy atom. The molecule has 33 heavy (non-hydrogen) atoms. The van der Waals surface area contributed by atoms with Gasteiger partial charge in [-0.1, -0.05) is 32.0 Å². The SMILES string of the molecule is CC(C)(OCO)[C@@H]1CCC2C(CC[C@@]3(C)C2C(O)CC2Cc4c([nH]c5ccccc45)[C@@]23C)O1. The highest BCUT2D eigenvalue weighted by Crippen LogP contribution is 2.68. The predicted molar refractivity (Wildman–Crippen MR) is 128 cm³/mol. The van der Waals surface area contributed by atoms with Crippen LogP contribution in [-0.2, 0) is 21.3 Å². The Morgan fingerprint density at radius 3 is 2.76 bits per heavy atom. The highest BCUT2D eigenvalue weighted by Gasteiger charge is 2.67. The van der Waals surface area contributed by atoms with Crippen LogP contribution in [0.25, 0.3) is 10.9 Å². The van der Waals surface area contributed by atoms with Crippen molar-refractivity contribution in [3.63, 3.8) is 0 Å². The van der Waals surface area contributed by atoms with Crippen LogP contribution in [-0.4, -0.2) is 45.9 Å². The molecule has 8 atom stereocenters. The number of aliphatic hydroxyl groups excluding tert-OH is 2. The molecule has 5 nitrogen and oxygen atoms in total. The summed E-state index contributed by atoms with van der Waals surface area (Å²) in [5.74, 6) is 1.08. The number of H-pyrrole nitrogens is 1. The van der Waals surface area contributed by atoms with E-state index in [2.05, 4.69) is 43.1 Å². The van der Waals surface area contributed by atoms with Gasteiger partial charge in [0.25, 0.3) is 0 Å². The third-order valence-electron chi connectivity index (χ3n) is 10.7. The molecule has 1 aromatic heterocycles. The van der Waals surface area contributed by atoms with Gasteiger partial charge in [0.2, 0.25) is 0 Å². The molecule has 1 aromatic carbocycles. The summed E-state index contributed by atoms with van der Waals surface area (Å²) in [6.07, 6.45) is 5.83. The second-order valence-electron chi connectivity index (χ2n) is 12.2. The van der Waals surface area contributed by atoms with Crippen LogP contribution >= 0.6 is 0 Å². The Balaban J connectivity index is 1.36. The Labute approximate surface area is 196 Å². The molecule has 5 unspecified atom stereocenters. The molecular formula is C28H39NO4. The molecule has 6 rings (SSSR count). The van der Waals surface area contributed by atoms with Crippen molar-refractivity contribution < 1.29 is 19.7 Å². The van der Waals surface area contributed by atoms with Gasteiger partial charge in [-0.3, -0.25) is 0 Å². The molecule has 4 aliphatic rings. The Bertz CT molecular complexity index is 1060. The van der Waals surface area contributed by atoms with Crippen molar-refractivity contribution in [2.45, 2.75) is 95.5 Å². The van der Waals surface area contributed by atoms with Gasteiger partial charge < -0.3 is 24.7 Å². The number of benzene rings is 1. The zero-order valence-corrected chi connectivity index (χ0v) is 20.4. The summed E-state index contributed by atoms with van der Waals surface area (Å²) in [4.78, 5) is 3.85. The van der Waals surface area contributed by atoms with E-state index in [9.17, 15) is 10.2 Å². The number of hydrogen-bond donors (Lipinski definition) is 3. The Hall–Kier alpha value is -1.40. The third-order valence-corrected chi connectivity index (χ3v) is 10.7. The van der Waals surface area contributed by atoms with E-state index < -0.39 is 5.60 Å². The van der Waals surface area contributed by atoms with Crippen molar-refractivity contribution >= 4 is 10.9 Å². The van der Waals surface area contributed by atoms with Crippen molar-refractivity contribution in [2.24, 2.45) is 23.2 Å². The fourth-order valence-electron chi connectivity index (χ4n) is 8.79. The van der Waals surface area contributed by atoms with E-state index in [1.54, 1.807) is 0 Å². The molecule has 1 saturated heterocycles. The lowest BCUT2D eigenvalue weighted by Crippen LogP contribution is -2.65. The summed E-state index contributed by atoms with van der Waals surface area (Å²) in [6.45, 7) is 8.70. The minimum atomic E-state index is -0.507. The number of aromatic amines is 1. The van der Waals surface area contributed by atoms with Gasteiger partial charge in [-0.05, 0) is 87.2 Å². The minimum absolute atomic E-state index is 0.0221. The first-order valence-corrected chi connectivity index (χ1v) is 12.9. The number of hydrogen-bond acceptors (Lipinski definition) is 4.